The normalized spacial score (nSPS) is 16.9. The molecule has 0 radical (unpaired) electrons. The van der Waals surface area contributed by atoms with Crippen molar-refractivity contribution in [2.24, 2.45) is 5.92 Å². The number of ether oxygens (including phenoxy) is 1. The molecular weight excluding hydrogens is 292 g/mol. The van der Waals surface area contributed by atoms with Gasteiger partial charge in [0.15, 0.2) is 0 Å². The minimum atomic E-state index is -0.546. The summed E-state index contributed by atoms with van der Waals surface area (Å²) in [5.74, 6) is 1.41. The third-order valence-electron chi connectivity index (χ3n) is 4.24. The molecule has 1 amide bonds. The van der Waals surface area contributed by atoms with Crippen LogP contribution in [0, 0.1) is 5.92 Å². The second-order valence-corrected chi connectivity index (χ2v) is 6.32. The third kappa shape index (κ3) is 5.52. The first-order valence-electron chi connectivity index (χ1n) is 8.53. The highest BCUT2D eigenvalue weighted by atomic mass is 16.5. The number of anilines is 1. The van der Waals surface area contributed by atoms with Crippen LogP contribution in [0.4, 0.5) is 5.69 Å². The molecule has 0 aromatic heterocycles. The summed E-state index contributed by atoms with van der Waals surface area (Å²) in [5, 5.41) is 16.2. The average molecular weight is 320 g/mol. The van der Waals surface area contributed by atoms with E-state index in [0.29, 0.717) is 18.9 Å². The molecule has 2 rings (SSSR count). The number of hydrogen-bond donors (Lipinski definition) is 3. The Morgan fingerprint density at radius 2 is 2.17 bits per heavy atom. The predicted octanol–water partition coefficient (Wildman–Crippen LogP) is 2.34. The van der Waals surface area contributed by atoms with Gasteiger partial charge in [-0.1, -0.05) is 26.3 Å². The summed E-state index contributed by atoms with van der Waals surface area (Å²) in [6, 6.07) is 5.67. The summed E-state index contributed by atoms with van der Waals surface area (Å²) < 4.78 is 5.80. The van der Waals surface area contributed by atoms with Crippen molar-refractivity contribution in [2.75, 3.05) is 25.0 Å². The second-order valence-electron chi connectivity index (χ2n) is 6.32. The molecule has 128 valence electrons. The summed E-state index contributed by atoms with van der Waals surface area (Å²) in [7, 11) is 0. The van der Waals surface area contributed by atoms with Crippen LogP contribution < -0.4 is 15.4 Å². The van der Waals surface area contributed by atoms with Gasteiger partial charge in [0.05, 0.1) is 0 Å². The number of fused-ring (bicyclic) bond motifs is 1. The molecule has 0 fully saturated rings. The Kier molecular flexibility index (Phi) is 6.86. The first-order chi connectivity index (χ1) is 11.1. The van der Waals surface area contributed by atoms with E-state index in [1.54, 1.807) is 0 Å². The molecule has 1 aromatic rings. The van der Waals surface area contributed by atoms with E-state index in [1.165, 1.54) is 0 Å². The number of aliphatic hydroxyl groups excluding tert-OH is 1. The molecule has 1 aliphatic rings. The van der Waals surface area contributed by atoms with E-state index < -0.39 is 6.10 Å². The van der Waals surface area contributed by atoms with Crippen LogP contribution in [-0.4, -0.2) is 36.8 Å². The molecule has 1 aliphatic heterocycles. The van der Waals surface area contributed by atoms with Crippen LogP contribution >= 0.6 is 0 Å². The molecule has 2 atom stereocenters. The molecule has 1 heterocycles. The van der Waals surface area contributed by atoms with Crippen molar-refractivity contribution in [3.05, 3.63) is 23.8 Å². The Morgan fingerprint density at radius 3 is 2.96 bits per heavy atom. The van der Waals surface area contributed by atoms with Crippen molar-refractivity contribution in [2.45, 2.75) is 45.6 Å². The standard InChI is InChI=1S/C18H28N2O3/c1-3-13(2)10-19-11-14(21)12-23-17-8-5-7-16-15(17)6-4-9-18(22)20-16/h5,7-8,13-14,19,21H,3-4,6,9-12H2,1-2H3,(H,20,22). The minimum Gasteiger partial charge on any atom is -0.490 e. The molecule has 0 aliphatic carbocycles. The molecule has 1 aromatic carbocycles. The average Bonchev–Trinajstić information content (AvgIpc) is 2.73. The Morgan fingerprint density at radius 1 is 1.35 bits per heavy atom. The van der Waals surface area contributed by atoms with Gasteiger partial charge >= 0.3 is 0 Å². The van der Waals surface area contributed by atoms with Crippen LogP contribution in [0.2, 0.25) is 0 Å². The number of rotatable bonds is 8. The molecule has 5 nitrogen and oxygen atoms in total. The van der Waals surface area contributed by atoms with Crippen LogP contribution in [-0.2, 0) is 11.2 Å². The Balaban J connectivity index is 1.86. The van der Waals surface area contributed by atoms with E-state index in [9.17, 15) is 9.90 Å². The van der Waals surface area contributed by atoms with Gasteiger partial charge in [0.1, 0.15) is 18.5 Å². The van der Waals surface area contributed by atoms with E-state index in [4.69, 9.17) is 4.74 Å². The zero-order chi connectivity index (χ0) is 16.7. The fraction of sp³-hybridized carbons (Fsp3) is 0.611. The zero-order valence-corrected chi connectivity index (χ0v) is 14.1. The van der Waals surface area contributed by atoms with Crippen molar-refractivity contribution in [3.63, 3.8) is 0 Å². The van der Waals surface area contributed by atoms with Gasteiger partial charge in [0, 0.05) is 24.2 Å². The van der Waals surface area contributed by atoms with Crippen LogP contribution in [0.1, 0.15) is 38.7 Å². The highest BCUT2D eigenvalue weighted by Gasteiger charge is 2.17. The van der Waals surface area contributed by atoms with Gasteiger partial charge in [-0.3, -0.25) is 4.79 Å². The Hall–Kier alpha value is -1.59. The van der Waals surface area contributed by atoms with Crippen molar-refractivity contribution >= 4 is 11.6 Å². The van der Waals surface area contributed by atoms with E-state index in [-0.39, 0.29) is 12.5 Å². The third-order valence-corrected chi connectivity index (χ3v) is 4.24. The largest absolute Gasteiger partial charge is 0.490 e. The highest BCUT2D eigenvalue weighted by Crippen LogP contribution is 2.30. The fourth-order valence-electron chi connectivity index (χ4n) is 2.60. The van der Waals surface area contributed by atoms with Gasteiger partial charge < -0.3 is 20.5 Å². The van der Waals surface area contributed by atoms with Crippen molar-refractivity contribution < 1.29 is 14.6 Å². The molecule has 5 heteroatoms. The quantitative estimate of drug-likeness (QED) is 0.687. The molecule has 23 heavy (non-hydrogen) atoms. The number of carbonyl (C=O) groups excluding carboxylic acids is 1. The number of nitrogens with one attached hydrogen (secondary N) is 2. The monoisotopic (exact) mass is 320 g/mol. The summed E-state index contributed by atoms with van der Waals surface area (Å²) in [5.41, 5.74) is 1.85. The zero-order valence-electron chi connectivity index (χ0n) is 14.1. The van der Waals surface area contributed by atoms with E-state index in [0.717, 1.165) is 42.8 Å². The molecule has 3 N–H and O–H groups in total. The van der Waals surface area contributed by atoms with Gasteiger partial charge in [0.2, 0.25) is 5.91 Å². The lowest BCUT2D eigenvalue weighted by atomic mass is 10.1. The lowest BCUT2D eigenvalue weighted by molar-refractivity contribution is -0.116. The molecule has 0 saturated heterocycles. The highest BCUT2D eigenvalue weighted by molar-refractivity contribution is 5.92. The van der Waals surface area contributed by atoms with Crippen LogP contribution in [0.5, 0.6) is 5.75 Å². The van der Waals surface area contributed by atoms with Crippen LogP contribution in [0.3, 0.4) is 0 Å². The van der Waals surface area contributed by atoms with E-state index in [2.05, 4.69) is 24.5 Å². The molecular formula is C18H28N2O3. The van der Waals surface area contributed by atoms with Gasteiger partial charge in [-0.2, -0.15) is 0 Å². The van der Waals surface area contributed by atoms with Crippen LogP contribution in [0.25, 0.3) is 0 Å². The lowest BCUT2D eigenvalue weighted by Crippen LogP contribution is -2.33. The second kappa shape index (κ2) is 8.89. The number of hydrogen-bond acceptors (Lipinski definition) is 4. The van der Waals surface area contributed by atoms with Gasteiger partial charge in [-0.25, -0.2) is 0 Å². The fourth-order valence-corrected chi connectivity index (χ4v) is 2.60. The SMILES string of the molecule is CCC(C)CNCC(O)COc1cccc2c1CCCC(=O)N2. The van der Waals surface area contributed by atoms with E-state index in [1.807, 2.05) is 18.2 Å². The molecule has 2 unspecified atom stereocenters. The number of benzene rings is 1. The minimum absolute atomic E-state index is 0.0511. The summed E-state index contributed by atoms with van der Waals surface area (Å²) in [4.78, 5) is 11.6. The Labute approximate surface area is 138 Å². The maximum atomic E-state index is 11.6. The maximum absolute atomic E-state index is 11.6. The lowest BCUT2D eigenvalue weighted by Gasteiger charge is -2.17. The molecule has 0 spiro atoms. The van der Waals surface area contributed by atoms with Crippen molar-refractivity contribution in [1.29, 1.82) is 0 Å². The first-order valence-corrected chi connectivity index (χ1v) is 8.53. The predicted molar refractivity (Wildman–Crippen MR) is 91.8 cm³/mol. The summed E-state index contributed by atoms with van der Waals surface area (Å²) in [6.07, 6.45) is 2.75. The number of aliphatic hydroxyl groups is 1. The molecule has 0 saturated carbocycles. The summed E-state index contributed by atoms with van der Waals surface area (Å²) >= 11 is 0. The first kappa shape index (κ1) is 17.8. The van der Waals surface area contributed by atoms with Crippen molar-refractivity contribution in [1.82, 2.24) is 5.32 Å². The number of carbonyl (C=O) groups is 1. The maximum Gasteiger partial charge on any atom is 0.224 e. The van der Waals surface area contributed by atoms with Crippen molar-refractivity contribution in [3.8, 4) is 5.75 Å². The van der Waals surface area contributed by atoms with Gasteiger partial charge in [0.25, 0.3) is 0 Å². The molecule has 0 bridgehead atoms. The Bertz CT molecular complexity index is 519. The van der Waals surface area contributed by atoms with Gasteiger partial charge in [-0.15, -0.1) is 0 Å². The topological polar surface area (TPSA) is 70.6 Å². The summed E-state index contributed by atoms with van der Waals surface area (Å²) in [6.45, 7) is 6.02. The number of amides is 1. The van der Waals surface area contributed by atoms with Gasteiger partial charge in [-0.05, 0) is 37.4 Å². The van der Waals surface area contributed by atoms with E-state index >= 15 is 0 Å². The van der Waals surface area contributed by atoms with Crippen LogP contribution in [0.15, 0.2) is 18.2 Å². The smallest absolute Gasteiger partial charge is 0.224 e.